The van der Waals surface area contributed by atoms with E-state index in [-0.39, 0.29) is 18.0 Å². The fourth-order valence-corrected chi connectivity index (χ4v) is 4.54. The molecule has 4 rings (SSSR count). The number of amides is 1. The predicted molar refractivity (Wildman–Crippen MR) is 98.9 cm³/mol. The minimum atomic E-state index is -0.00147. The molecule has 3 atom stereocenters. The summed E-state index contributed by atoms with van der Waals surface area (Å²) in [6.07, 6.45) is 5.31. The molecular formula is C20H26N4O2. The number of nitrogens with zero attached hydrogens (tertiary/aromatic N) is 3. The number of fused-ring (bicyclic) bond motifs is 1. The number of benzene rings is 1. The Morgan fingerprint density at radius 2 is 2.04 bits per heavy atom. The number of likely N-dealkylation sites (N-methyl/N-ethyl adjacent to an activating group) is 1. The highest BCUT2D eigenvalue weighted by molar-refractivity contribution is 5.77. The van der Waals surface area contributed by atoms with Crippen LogP contribution in [0.2, 0.25) is 0 Å². The smallest absolute Gasteiger partial charge is 0.222 e. The van der Waals surface area contributed by atoms with Crippen LogP contribution >= 0.6 is 0 Å². The summed E-state index contributed by atoms with van der Waals surface area (Å²) < 4.78 is 7.41. The van der Waals surface area contributed by atoms with E-state index >= 15 is 0 Å². The number of carbonyl (C=O) groups excluding carboxylic acids is 1. The topological polar surface area (TPSA) is 59.4 Å². The van der Waals surface area contributed by atoms with Gasteiger partial charge in [0.25, 0.3) is 0 Å². The van der Waals surface area contributed by atoms with Gasteiger partial charge in [0.1, 0.15) is 5.75 Å². The zero-order valence-electron chi connectivity index (χ0n) is 15.6. The minimum absolute atomic E-state index is 0.00147. The molecule has 1 unspecified atom stereocenters. The van der Waals surface area contributed by atoms with Gasteiger partial charge in [-0.2, -0.15) is 5.10 Å². The monoisotopic (exact) mass is 354 g/mol. The first kappa shape index (κ1) is 17.1. The Hall–Kier alpha value is -2.34. The molecule has 6 heteroatoms. The summed E-state index contributed by atoms with van der Waals surface area (Å²) in [5.74, 6) is 1.17. The number of likely N-dealkylation sites (tertiary alicyclic amines) is 1. The minimum Gasteiger partial charge on any atom is -0.496 e. The first-order chi connectivity index (χ1) is 12.6. The first-order valence-corrected chi connectivity index (χ1v) is 9.25. The molecule has 6 nitrogen and oxygen atoms in total. The molecule has 2 aliphatic rings. The van der Waals surface area contributed by atoms with Crippen molar-refractivity contribution in [2.75, 3.05) is 14.2 Å². The van der Waals surface area contributed by atoms with Crippen LogP contribution in [0, 0.1) is 0 Å². The van der Waals surface area contributed by atoms with Gasteiger partial charge in [-0.05, 0) is 42.5 Å². The summed E-state index contributed by atoms with van der Waals surface area (Å²) in [5, 5.41) is 8.16. The van der Waals surface area contributed by atoms with Gasteiger partial charge in [-0.15, -0.1) is 0 Å². The van der Waals surface area contributed by atoms with E-state index < -0.39 is 0 Å². The Kier molecular flexibility index (Phi) is 4.44. The van der Waals surface area contributed by atoms with E-state index in [1.54, 1.807) is 13.3 Å². The largest absolute Gasteiger partial charge is 0.496 e. The highest BCUT2D eigenvalue weighted by Crippen LogP contribution is 2.39. The van der Waals surface area contributed by atoms with Gasteiger partial charge in [-0.3, -0.25) is 9.48 Å². The molecule has 26 heavy (non-hydrogen) atoms. The van der Waals surface area contributed by atoms with Crippen LogP contribution < -0.4 is 10.1 Å². The van der Waals surface area contributed by atoms with Gasteiger partial charge in [0.2, 0.25) is 5.91 Å². The first-order valence-electron chi connectivity index (χ1n) is 9.25. The fourth-order valence-electron chi connectivity index (χ4n) is 4.54. The molecule has 1 saturated heterocycles. The molecule has 1 aromatic heterocycles. The number of rotatable bonds is 4. The Morgan fingerprint density at radius 3 is 2.77 bits per heavy atom. The molecule has 2 heterocycles. The zero-order chi connectivity index (χ0) is 18.3. The summed E-state index contributed by atoms with van der Waals surface area (Å²) in [6, 6.07) is 8.80. The number of aromatic nitrogens is 2. The Labute approximate surface area is 154 Å². The van der Waals surface area contributed by atoms with Crippen molar-refractivity contribution in [1.82, 2.24) is 20.0 Å². The summed E-state index contributed by atoms with van der Waals surface area (Å²) in [6.45, 7) is 0. The van der Waals surface area contributed by atoms with Crippen molar-refractivity contribution in [1.29, 1.82) is 0 Å². The molecule has 1 aliphatic heterocycles. The SMILES string of the molecule is COc1cccc2c1CCC2N[C@@H]1CCC(=O)N(C)[C@H]1c1ccnn1C. The number of carbonyl (C=O) groups is 1. The Morgan fingerprint density at radius 1 is 1.19 bits per heavy atom. The van der Waals surface area contributed by atoms with Crippen LogP contribution in [0.4, 0.5) is 0 Å². The lowest BCUT2D eigenvalue weighted by Crippen LogP contribution is -2.50. The Bertz CT molecular complexity index is 816. The third kappa shape index (κ3) is 2.78. The van der Waals surface area contributed by atoms with Gasteiger partial charge < -0.3 is 15.0 Å². The maximum absolute atomic E-state index is 12.3. The molecule has 0 bridgehead atoms. The van der Waals surface area contributed by atoms with Gasteiger partial charge >= 0.3 is 0 Å². The van der Waals surface area contributed by atoms with Crippen molar-refractivity contribution in [3.05, 3.63) is 47.3 Å². The molecular weight excluding hydrogens is 328 g/mol. The molecule has 0 saturated carbocycles. The van der Waals surface area contributed by atoms with Crippen LogP contribution in [0.1, 0.15) is 48.2 Å². The van der Waals surface area contributed by atoms with E-state index in [1.807, 2.05) is 35.8 Å². The van der Waals surface area contributed by atoms with Crippen molar-refractivity contribution in [3.63, 3.8) is 0 Å². The van der Waals surface area contributed by atoms with Gasteiger partial charge in [0.15, 0.2) is 0 Å². The Balaban J connectivity index is 1.62. The van der Waals surface area contributed by atoms with Crippen LogP contribution in [0.3, 0.4) is 0 Å². The standard InChI is InChI=1S/C20H26N4O2/c1-23-19(25)10-9-16(20(23)17-11-12-21-24(17)2)22-15-8-7-14-13(15)5-4-6-18(14)26-3/h4-6,11-12,15-16,20,22H,7-10H2,1-3H3/t15?,16-,20-/m1/s1. The van der Waals surface area contributed by atoms with Crippen molar-refractivity contribution in [2.24, 2.45) is 7.05 Å². The zero-order valence-corrected chi connectivity index (χ0v) is 15.6. The number of piperidine rings is 1. The third-order valence-corrected chi connectivity index (χ3v) is 5.89. The number of aryl methyl sites for hydroxylation is 1. The summed E-state index contributed by atoms with van der Waals surface area (Å²) in [5.41, 5.74) is 3.71. The van der Waals surface area contributed by atoms with Crippen LogP contribution in [-0.2, 0) is 18.3 Å². The maximum atomic E-state index is 12.3. The number of ether oxygens (including phenoxy) is 1. The highest BCUT2D eigenvalue weighted by Gasteiger charge is 2.38. The maximum Gasteiger partial charge on any atom is 0.222 e. The van der Waals surface area contributed by atoms with E-state index in [9.17, 15) is 4.79 Å². The van der Waals surface area contributed by atoms with Crippen LogP contribution in [0.5, 0.6) is 5.75 Å². The molecule has 2 aromatic rings. The molecule has 0 spiro atoms. The average molecular weight is 354 g/mol. The molecule has 1 N–H and O–H groups in total. The lowest BCUT2D eigenvalue weighted by molar-refractivity contribution is -0.136. The summed E-state index contributed by atoms with van der Waals surface area (Å²) in [4.78, 5) is 14.2. The number of methoxy groups -OCH3 is 1. The lowest BCUT2D eigenvalue weighted by Gasteiger charge is -2.40. The molecule has 1 fully saturated rings. The third-order valence-electron chi connectivity index (χ3n) is 5.89. The van der Waals surface area contributed by atoms with Gasteiger partial charge in [0, 0.05) is 38.8 Å². The van der Waals surface area contributed by atoms with Gasteiger partial charge in [0.05, 0.1) is 18.8 Å². The molecule has 1 aliphatic carbocycles. The molecule has 1 aromatic carbocycles. The quantitative estimate of drug-likeness (QED) is 0.916. The van der Waals surface area contributed by atoms with E-state index in [1.165, 1.54) is 11.1 Å². The van der Waals surface area contributed by atoms with Crippen molar-refractivity contribution < 1.29 is 9.53 Å². The van der Waals surface area contributed by atoms with Crippen molar-refractivity contribution >= 4 is 5.91 Å². The van der Waals surface area contributed by atoms with E-state index in [0.29, 0.717) is 12.5 Å². The second-order valence-corrected chi connectivity index (χ2v) is 7.26. The summed E-state index contributed by atoms with van der Waals surface area (Å²) >= 11 is 0. The number of hydrogen-bond donors (Lipinski definition) is 1. The van der Waals surface area contributed by atoms with E-state index in [2.05, 4.69) is 22.5 Å². The van der Waals surface area contributed by atoms with Crippen molar-refractivity contribution in [3.8, 4) is 5.75 Å². The number of hydrogen-bond acceptors (Lipinski definition) is 4. The second kappa shape index (κ2) is 6.76. The number of nitrogens with one attached hydrogen (secondary N) is 1. The van der Waals surface area contributed by atoms with Crippen LogP contribution in [-0.4, -0.2) is 40.8 Å². The molecule has 1 amide bonds. The second-order valence-electron chi connectivity index (χ2n) is 7.26. The van der Waals surface area contributed by atoms with Crippen LogP contribution in [0.25, 0.3) is 0 Å². The van der Waals surface area contributed by atoms with Gasteiger partial charge in [-0.25, -0.2) is 0 Å². The fraction of sp³-hybridized carbons (Fsp3) is 0.500. The molecule has 0 radical (unpaired) electrons. The highest BCUT2D eigenvalue weighted by atomic mass is 16.5. The predicted octanol–water partition coefficient (Wildman–Crippen LogP) is 2.37. The lowest BCUT2D eigenvalue weighted by atomic mass is 9.92. The summed E-state index contributed by atoms with van der Waals surface area (Å²) in [7, 11) is 5.57. The van der Waals surface area contributed by atoms with E-state index in [0.717, 1.165) is 30.7 Å². The van der Waals surface area contributed by atoms with Crippen LogP contribution in [0.15, 0.2) is 30.5 Å². The van der Waals surface area contributed by atoms with Crippen molar-refractivity contribution in [2.45, 2.75) is 43.8 Å². The normalized spacial score (nSPS) is 25.4. The van der Waals surface area contributed by atoms with Gasteiger partial charge in [-0.1, -0.05) is 12.1 Å². The van der Waals surface area contributed by atoms with E-state index in [4.69, 9.17) is 4.74 Å². The average Bonchev–Trinajstić information content (AvgIpc) is 3.25. The molecule has 138 valence electrons.